The molecule has 1 atom stereocenters. The number of hydrogen-bond acceptors (Lipinski definition) is 4. The van der Waals surface area contributed by atoms with E-state index in [0.29, 0.717) is 6.42 Å². The standard InChI is InChI=1S/C22H21NO3/c1-22(2)10-16-21(17(24)11-22)20(13-6-4-3-5-7-13)14-8-18-19(26-12-25-18)9-15(14)23-16/h3-9,20,23H,10-12H2,1-2H3/t20-/m1/s1. The molecule has 4 heteroatoms. The fourth-order valence-corrected chi connectivity index (χ4v) is 4.40. The molecule has 0 amide bonds. The van der Waals surface area contributed by atoms with Crippen LogP contribution >= 0.6 is 0 Å². The molecule has 2 aliphatic heterocycles. The second-order valence-corrected chi connectivity index (χ2v) is 8.09. The van der Waals surface area contributed by atoms with Crippen molar-refractivity contribution >= 4 is 11.5 Å². The van der Waals surface area contributed by atoms with Gasteiger partial charge in [-0.05, 0) is 29.0 Å². The maximum absolute atomic E-state index is 13.1. The summed E-state index contributed by atoms with van der Waals surface area (Å²) >= 11 is 0. The van der Waals surface area contributed by atoms with Gasteiger partial charge in [-0.1, -0.05) is 44.2 Å². The van der Waals surface area contributed by atoms with Crippen LogP contribution in [0.5, 0.6) is 11.5 Å². The first-order chi connectivity index (χ1) is 12.5. The van der Waals surface area contributed by atoms with Crippen molar-refractivity contribution in [2.45, 2.75) is 32.6 Å². The number of carbonyl (C=O) groups is 1. The lowest BCUT2D eigenvalue weighted by Gasteiger charge is -2.39. The first-order valence-electron chi connectivity index (χ1n) is 9.04. The highest BCUT2D eigenvalue weighted by Gasteiger charge is 2.41. The summed E-state index contributed by atoms with van der Waals surface area (Å²) in [5.41, 5.74) is 5.14. The number of Topliss-reactive ketones (excluding diaryl/α,β-unsaturated/α-hetero) is 1. The smallest absolute Gasteiger partial charge is 0.231 e. The molecule has 5 rings (SSSR count). The van der Waals surface area contributed by atoms with Gasteiger partial charge in [-0.25, -0.2) is 0 Å². The first-order valence-corrected chi connectivity index (χ1v) is 9.04. The number of fused-ring (bicyclic) bond motifs is 2. The normalized spacial score (nSPS) is 22.5. The van der Waals surface area contributed by atoms with Gasteiger partial charge in [0.2, 0.25) is 6.79 Å². The zero-order valence-corrected chi connectivity index (χ0v) is 15.0. The van der Waals surface area contributed by atoms with Crippen LogP contribution in [-0.2, 0) is 4.79 Å². The molecule has 0 fully saturated rings. The van der Waals surface area contributed by atoms with Gasteiger partial charge in [0, 0.05) is 35.4 Å². The average Bonchev–Trinajstić information content (AvgIpc) is 3.05. The molecule has 26 heavy (non-hydrogen) atoms. The quantitative estimate of drug-likeness (QED) is 0.818. The van der Waals surface area contributed by atoms with E-state index in [9.17, 15) is 4.79 Å². The number of ether oxygens (including phenoxy) is 2. The third kappa shape index (κ3) is 2.32. The second kappa shape index (κ2) is 5.37. The fraction of sp³-hybridized carbons (Fsp3) is 0.318. The van der Waals surface area contributed by atoms with E-state index in [1.54, 1.807) is 0 Å². The molecule has 132 valence electrons. The molecule has 2 heterocycles. The zero-order chi connectivity index (χ0) is 17.9. The molecule has 0 spiro atoms. The molecule has 1 aliphatic carbocycles. The van der Waals surface area contributed by atoms with Gasteiger partial charge in [-0.3, -0.25) is 4.79 Å². The predicted octanol–water partition coefficient (Wildman–Crippen LogP) is 4.62. The summed E-state index contributed by atoms with van der Waals surface area (Å²) in [4.78, 5) is 13.1. The molecular weight excluding hydrogens is 326 g/mol. The average molecular weight is 347 g/mol. The summed E-state index contributed by atoms with van der Waals surface area (Å²) < 4.78 is 11.2. The van der Waals surface area contributed by atoms with Crippen molar-refractivity contribution < 1.29 is 14.3 Å². The van der Waals surface area contributed by atoms with Crippen LogP contribution in [0.25, 0.3) is 0 Å². The molecule has 2 aromatic rings. The molecule has 0 aromatic heterocycles. The summed E-state index contributed by atoms with van der Waals surface area (Å²) in [5.74, 6) is 1.68. The molecule has 2 aromatic carbocycles. The number of hydrogen-bond donors (Lipinski definition) is 1. The van der Waals surface area contributed by atoms with Crippen LogP contribution in [0, 0.1) is 5.41 Å². The lowest BCUT2D eigenvalue weighted by atomic mass is 9.69. The van der Waals surface area contributed by atoms with E-state index in [4.69, 9.17) is 9.47 Å². The number of rotatable bonds is 1. The number of ketones is 1. The first kappa shape index (κ1) is 15.5. The van der Waals surface area contributed by atoms with Crippen molar-refractivity contribution in [3.8, 4) is 11.5 Å². The molecule has 0 saturated carbocycles. The highest BCUT2D eigenvalue weighted by Crippen LogP contribution is 2.51. The molecule has 0 radical (unpaired) electrons. The van der Waals surface area contributed by atoms with E-state index < -0.39 is 0 Å². The molecule has 0 saturated heterocycles. The largest absolute Gasteiger partial charge is 0.454 e. The van der Waals surface area contributed by atoms with Crippen molar-refractivity contribution in [3.63, 3.8) is 0 Å². The third-order valence-corrected chi connectivity index (χ3v) is 5.48. The molecule has 4 nitrogen and oxygen atoms in total. The van der Waals surface area contributed by atoms with Gasteiger partial charge in [0.25, 0.3) is 0 Å². The van der Waals surface area contributed by atoms with Gasteiger partial charge >= 0.3 is 0 Å². The van der Waals surface area contributed by atoms with Gasteiger partial charge in [0.15, 0.2) is 17.3 Å². The Labute approximate surface area is 152 Å². The van der Waals surface area contributed by atoms with E-state index in [-0.39, 0.29) is 23.9 Å². The van der Waals surface area contributed by atoms with Crippen LogP contribution in [0.2, 0.25) is 0 Å². The highest BCUT2D eigenvalue weighted by atomic mass is 16.7. The van der Waals surface area contributed by atoms with Crippen molar-refractivity contribution in [1.82, 2.24) is 0 Å². The summed E-state index contributed by atoms with van der Waals surface area (Å²) in [5, 5.41) is 3.54. The van der Waals surface area contributed by atoms with E-state index >= 15 is 0 Å². The summed E-state index contributed by atoms with van der Waals surface area (Å²) in [6, 6.07) is 14.3. The Morgan fingerprint density at radius 3 is 2.54 bits per heavy atom. The number of carbonyl (C=O) groups excluding carboxylic acids is 1. The Balaban J connectivity index is 1.73. The van der Waals surface area contributed by atoms with Gasteiger partial charge in [0.05, 0.1) is 0 Å². The van der Waals surface area contributed by atoms with Gasteiger partial charge in [-0.15, -0.1) is 0 Å². The number of allylic oxidation sites excluding steroid dienone is 2. The van der Waals surface area contributed by atoms with Gasteiger partial charge < -0.3 is 14.8 Å². The van der Waals surface area contributed by atoms with Crippen LogP contribution in [0.4, 0.5) is 5.69 Å². The van der Waals surface area contributed by atoms with Crippen LogP contribution in [0.1, 0.15) is 43.7 Å². The summed E-state index contributed by atoms with van der Waals surface area (Å²) in [6.45, 7) is 4.55. The maximum Gasteiger partial charge on any atom is 0.231 e. The SMILES string of the molecule is CC1(C)CC(=O)C2=C(C1)Nc1cc3c(cc1[C@H]2c1ccccc1)OCO3. The summed E-state index contributed by atoms with van der Waals surface area (Å²) in [7, 11) is 0. The molecular formula is C22H21NO3. The van der Waals surface area contributed by atoms with Crippen molar-refractivity contribution in [2.75, 3.05) is 12.1 Å². The second-order valence-electron chi connectivity index (χ2n) is 8.09. The molecule has 1 N–H and O–H groups in total. The van der Waals surface area contributed by atoms with Crippen molar-refractivity contribution in [3.05, 3.63) is 64.9 Å². The van der Waals surface area contributed by atoms with E-state index in [1.165, 1.54) is 0 Å². The number of anilines is 1. The summed E-state index contributed by atoms with van der Waals surface area (Å²) in [6.07, 6.45) is 1.45. The van der Waals surface area contributed by atoms with Gasteiger partial charge in [0.1, 0.15) is 0 Å². The van der Waals surface area contributed by atoms with Crippen LogP contribution in [0.3, 0.4) is 0 Å². The Bertz CT molecular complexity index is 943. The Morgan fingerprint density at radius 1 is 1.04 bits per heavy atom. The number of nitrogens with one attached hydrogen (secondary N) is 1. The Kier molecular flexibility index (Phi) is 3.20. The minimum Gasteiger partial charge on any atom is -0.454 e. The van der Waals surface area contributed by atoms with E-state index in [1.807, 2.05) is 30.3 Å². The minimum atomic E-state index is -0.0689. The van der Waals surface area contributed by atoms with E-state index in [2.05, 4.69) is 31.3 Å². The minimum absolute atomic E-state index is 0.0298. The molecule has 3 aliphatic rings. The van der Waals surface area contributed by atoms with E-state index in [0.717, 1.165) is 46.0 Å². The van der Waals surface area contributed by atoms with Crippen LogP contribution < -0.4 is 14.8 Å². The van der Waals surface area contributed by atoms with Gasteiger partial charge in [-0.2, -0.15) is 0 Å². The monoisotopic (exact) mass is 347 g/mol. The fourth-order valence-electron chi connectivity index (χ4n) is 4.40. The van der Waals surface area contributed by atoms with Crippen molar-refractivity contribution in [1.29, 1.82) is 0 Å². The van der Waals surface area contributed by atoms with Crippen molar-refractivity contribution in [2.24, 2.45) is 5.41 Å². The lowest BCUT2D eigenvalue weighted by molar-refractivity contribution is -0.118. The highest BCUT2D eigenvalue weighted by molar-refractivity contribution is 6.01. The molecule has 0 bridgehead atoms. The maximum atomic E-state index is 13.1. The number of benzene rings is 2. The Morgan fingerprint density at radius 2 is 1.77 bits per heavy atom. The lowest BCUT2D eigenvalue weighted by Crippen LogP contribution is -2.33. The topological polar surface area (TPSA) is 47.6 Å². The molecule has 0 unspecified atom stereocenters. The Hall–Kier alpha value is -2.75. The van der Waals surface area contributed by atoms with Crippen LogP contribution in [-0.4, -0.2) is 12.6 Å². The zero-order valence-electron chi connectivity index (χ0n) is 15.0. The van der Waals surface area contributed by atoms with Crippen LogP contribution in [0.15, 0.2) is 53.7 Å². The third-order valence-electron chi connectivity index (χ3n) is 5.48. The predicted molar refractivity (Wildman–Crippen MR) is 99.5 cm³/mol.